The fourth-order valence-electron chi connectivity index (χ4n) is 2.12. The van der Waals surface area contributed by atoms with E-state index in [1.165, 1.54) is 7.11 Å². The van der Waals surface area contributed by atoms with E-state index in [2.05, 4.69) is 5.32 Å². The maximum absolute atomic E-state index is 13.9. The van der Waals surface area contributed by atoms with E-state index in [1.54, 1.807) is 0 Å². The van der Waals surface area contributed by atoms with Crippen molar-refractivity contribution in [2.75, 3.05) is 13.7 Å². The number of ether oxygens (including phenoxy) is 1. The van der Waals surface area contributed by atoms with Crippen molar-refractivity contribution in [2.24, 2.45) is 0 Å². The van der Waals surface area contributed by atoms with Crippen LogP contribution in [0.4, 0.5) is 8.78 Å². The second-order valence-electron chi connectivity index (χ2n) is 4.16. The second-order valence-corrected chi connectivity index (χ2v) is 4.54. The van der Waals surface area contributed by atoms with E-state index in [-0.39, 0.29) is 22.4 Å². The molecule has 1 fully saturated rings. The van der Waals surface area contributed by atoms with Gasteiger partial charge in [-0.15, -0.1) is 0 Å². The first kappa shape index (κ1) is 12.6. The molecule has 5 heteroatoms. The van der Waals surface area contributed by atoms with Crippen LogP contribution in [0.2, 0.25) is 5.02 Å². The van der Waals surface area contributed by atoms with Crippen LogP contribution >= 0.6 is 11.6 Å². The van der Waals surface area contributed by atoms with Crippen LogP contribution in [0.3, 0.4) is 0 Å². The van der Waals surface area contributed by atoms with Gasteiger partial charge in [-0.1, -0.05) is 11.6 Å². The third-order valence-corrected chi connectivity index (χ3v) is 3.41. The van der Waals surface area contributed by atoms with Crippen molar-refractivity contribution in [3.8, 4) is 5.75 Å². The number of hydrogen-bond donors (Lipinski definition) is 1. The van der Waals surface area contributed by atoms with E-state index in [1.807, 2.05) is 0 Å². The Balaban J connectivity index is 2.29. The molecule has 0 radical (unpaired) electrons. The molecule has 1 saturated heterocycles. The normalized spacial score (nSPS) is 19.6. The SMILES string of the molecule is COc1cc(F)c(CC2CCCN2)c(F)c1Cl. The summed E-state index contributed by atoms with van der Waals surface area (Å²) in [6.07, 6.45) is 2.29. The number of methoxy groups -OCH3 is 1. The Morgan fingerprint density at radius 1 is 1.53 bits per heavy atom. The molecule has 1 aromatic rings. The Kier molecular flexibility index (Phi) is 3.84. The van der Waals surface area contributed by atoms with E-state index in [9.17, 15) is 8.78 Å². The van der Waals surface area contributed by atoms with Crippen LogP contribution in [0.15, 0.2) is 6.07 Å². The molecule has 1 atom stereocenters. The summed E-state index contributed by atoms with van der Waals surface area (Å²) in [7, 11) is 1.33. The van der Waals surface area contributed by atoms with Crippen LogP contribution in [0, 0.1) is 11.6 Å². The van der Waals surface area contributed by atoms with Crippen LogP contribution in [0.25, 0.3) is 0 Å². The number of benzene rings is 1. The molecule has 0 aromatic heterocycles. The third-order valence-electron chi connectivity index (χ3n) is 3.05. The average Bonchev–Trinajstić information content (AvgIpc) is 2.82. The highest BCUT2D eigenvalue weighted by Crippen LogP contribution is 2.32. The minimum atomic E-state index is -0.711. The van der Waals surface area contributed by atoms with Gasteiger partial charge in [0.1, 0.15) is 16.6 Å². The fourth-order valence-corrected chi connectivity index (χ4v) is 2.37. The van der Waals surface area contributed by atoms with E-state index in [0.717, 1.165) is 25.5 Å². The van der Waals surface area contributed by atoms with E-state index in [0.29, 0.717) is 6.42 Å². The molecule has 1 aliphatic heterocycles. The van der Waals surface area contributed by atoms with Gasteiger partial charge < -0.3 is 10.1 Å². The average molecular weight is 262 g/mol. The first-order chi connectivity index (χ1) is 8.13. The minimum Gasteiger partial charge on any atom is -0.495 e. The summed E-state index contributed by atoms with van der Waals surface area (Å²) in [5.74, 6) is -1.28. The standard InChI is InChI=1S/C12H14ClF2NO/c1-17-10-6-9(14)8(12(15)11(10)13)5-7-3-2-4-16-7/h6-7,16H,2-5H2,1H3. The molecule has 2 rings (SSSR count). The summed E-state index contributed by atoms with van der Waals surface area (Å²) in [6, 6.07) is 1.26. The number of hydrogen-bond acceptors (Lipinski definition) is 2. The van der Waals surface area contributed by atoms with Gasteiger partial charge in [0.25, 0.3) is 0 Å². The fraction of sp³-hybridized carbons (Fsp3) is 0.500. The van der Waals surface area contributed by atoms with Crippen LogP contribution in [0.1, 0.15) is 18.4 Å². The second kappa shape index (κ2) is 5.19. The zero-order chi connectivity index (χ0) is 12.4. The van der Waals surface area contributed by atoms with Gasteiger partial charge in [-0.2, -0.15) is 0 Å². The molecule has 94 valence electrons. The summed E-state index contributed by atoms with van der Waals surface area (Å²) < 4.78 is 32.4. The smallest absolute Gasteiger partial charge is 0.151 e. The number of nitrogens with one attached hydrogen (secondary N) is 1. The quantitative estimate of drug-likeness (QED) is 0.845. The highest BCUT2D eigenvalue weighted by Gasteiger charge is 2.22. The zero-order valence-electron chi connectivity index (χ0n) is 9.53. The Bertz CT molecular complexity index is 419. The summed E-state index contributed by atoms with van der Waals surface area (Å²) in [6.45, 7) is 0.901. The topological polar surface area (TPSA) is 21.3 Å². The molecule has 0 aliphatic carbocycles. The molecular weight excluding hydrogens is 248 g/mol. The highest BCUT2D eigenvalue weighted by atomic mass is 35.5. The Hall–Kier alpha value is -0.870. The van der Waals surface area contributed by atoms with E-state index < -0.39 is 11.6 Å². The number of rotatable bonds is 3. The highest BCUT2D eigenvalue weighted by molar-refractivity contribution is 6.32. The van der Waals surface area contributed by atoms with Crippen molar-refractivity contribution in [1.29, 1.82) is 0 Å². The van der Waals surface area contributed by atoms with E-state index in [4.69, 9.17) is 16.3 Å². The largest absolute Gasteiger partial charge is 0.495 e. The third kappa shape index (κ3) is 2.53. The Morgan fingerprint density at radius 2 is 2.29 bits per heavy atom. The molecule has 1 unspecified atom stereocenters. The molecule has 1 heterocycles. The lowest BCUT2D eigenvalue weighted by atomic mass is 10.0. The van der Waals surface area contributed by atoms with Crippen molar-refractivity contribution in [3.05, 3.63) is 28.3 Å². The van der Waals surface area contributed by atoms with Gasteiger partial charge in [0, 0.05) is 17.7 Å². The predicted octanol–water partition coefficient (Wildman–Crippen LogP) is 2.92. The lowest BCUT2D eigenvalue weighted by Gasteiger charge is -2.14. The van der Waals surface area contributed by atoms with Gasteiger partial charge in [-0.25, -0.2) is 8.78 Å². The first-order valence-electron chi connectivity index (χ1n) is 5.57. The maximum atomic E-state index is 13.9. The summed E-state index contributed by atoms with van der Waals surface area (Å²) in [4.78, 5) is 0. The maximum Gasteiger partial charge on any atom is 0.151 e. The lowest BCUT2D eigenvalue weighted by Crippen LogP contribution is -2.24. The Morgan fingerprint density at radius 3 is 2.88 bits per heavy atom. The van der Waals surface area contributed by atoms with Gasteiger partial charge in [0.2, 0.25) is 0 Å². The van der Waals surface area contributed by atoms with Crippen molar-refractivity contribution in [3.63, 3.8) is 0 Å². The predicted molar refractivity (Wildman–Crippen MR) is 62.6 cm³/mol. The number of halogens is 3. The summed E-state index contributed by atoms with van der Waals surface area (Å²) in [5, 5.41) is 3.05. The summed E-state index contributed by atoms with van der Waals surface area (Å²) in [5.41, 5.74) is 0.0372. The van der Waals surface area contributed by atoms with Crippen LogP contribution in [0.5, 0.6) is 5.75 Å². The molecule has 1 N–H and O–H groups in total. The molecule has 1 aliphatic rings. The molecular formula is C12H14ClF2NO. The van der Waals surface area contributed by atoms with Crippen molar-refractivity contribution >= 4 is 11.6 Å². The van der Waals surface area contributed by atoms with Crippen molar-refractivity contribution in [1.82, 2.24) is 5.32 Å². The van der Waals surface area contributed by atoms with Gasteiger partial charge in [-0.3, -0.25) is 0 Å². The molecule has 0 spiro atoms. The molecule has 0 saturated carbocycles. The first-order valence-corrected chi connectivity index (χ1v) is 5.95. The van der Waals surface area contributed by atoms with Gasteiger partial charge in [-0.05, 0) is 25.8 Å². The van der Waals surface area contributed by atoms with Crippen molar-refractivity contribution in [2.45, 2.75) is 25.3 Å². The summed E-state index contributed by atoms with van der Waals surface area (Å²) >= 11 is 5.77. The zero-order valence-corrected chi connectivity index (χ0v) is 10.3. The van der Waals surface area contributed by atoms with Crippen LogP contribution in [-0.4, -0.2) is 19.7 Å². The van der Waals surface area contributed by atoms with Crippen molar-refractivity contribution < 1.29 is 13.5 Å². The van der Waals surface area contributed by atoms with Gasteiger partial charge in [0.05, 0.1) is 7.11 Å². The van der Waals surface area contributed by atoms with Gasteiger partial charge in [0.15, 0.2) is 5.82 Å². The molecule has 0 amide bonds. The molecule has 2 nitrogen and oxygen atoms in total. The van der Waals surface area contributed by atoms with Crippen LogP contribution < -0.4 is 10.1 Å². The monoisotopic (exact) mass is 261 g/mol. The Labute approximate surface area is 104 Å². The molecule has 17 heavy (non-hydrogen) atoms. The molecule has 1 aromatic carbocycles. The van der Waals surface area contributed by atoms with Crippen LogP contribution in [-0.2, 0) is 6.42 Å². The minimum absolute atomic E-state index is 0.0322. The molecule has 0 bridgehead atoms. The lowest BCUT2D eigenvalue weighted by molar-refractivity contribution is 0.404. The van der Waals surface area contributed by atoms with E-state index >= 15 is 0 Å². The van der Waals surface area contributed by atoms with Gasteiger partial charge >= 0.3 is 0 Å².